The third-order valence-corrected chi connectivity index (χ3v) is 3.72. The van der Waals surface area contributed by atoms with Gasteiger partial charge in [0.2, 0.25) is 0 Å². The maximum absolute atomic E-state index is 11.6. The highest BCUT2D eigenvalue weighted by Crippen LogP contribution is 1.98. The van der Waals surface area contributed by atoms with Crippen LogP contribution in [0.15, 0.2) is 0 Å². The van der Waals surface area contributed by atoms with Gasteiger partial charge in [-0.25, -0.2) is 0 Å². The number of nitrogens with one attached hydrogen (secondary N) is 1. The van der Waals surface area contributed by atoms with Gasteiger partial charge in [-0.15, -0.1) is 0 Å². The summed E-state index contributed by atoms with van der Waals surface area (Å²) in [6, 6.07) is 0.225. The van der Waals surface area contributed by atoms with E-state index in [-0.39, 0.29) is 11.3 Å². The second kappa shape index (κ2) is 8.38. The van der Waals surface area contributed by atoms with Gasteiger partial charge in [-0.3, -0.25) is 4.21 Å². The van der Waals surface area contributed by atoms with Gasteiger partial charge >= 0.3 is 0 Å². The van der Waals surface area contributed by atoms with Crippen molar-refractivity contribution in [1.82, 2.24) is 5.32 Å². The van der Waals surface area contributed by atoms with Gasteiger partial charge in [0.05, 0.1) is 6.61 Å². The molecule has 0 aliphatic carbocycles. The van der Waals surface area contributed by atoms with Gasteiger partial charge in [0.25, 0.3) is 0 Å². The first-order valence-electron chi connectivity index (χ1n) is 5.21. The molecule has 0 aliphatic rings. The third-order valence-electron chi connectivity index (χ3n) is 1.94. The predicted molar refractivity (Wildman–Crippen MR) is 62.1 cm³/mol. The molecule has 86 valence electrons. The van der Waals surface area contributed by atoms with Crippen LogP contribution in [0, 0.1) is 0 Å². The van der Waals surface area contributed by atoms with E-state index in [0.29, 0.717) is 12.4 Å². The van der Waals surface area contributed by atoms with Gasteiger partial charge in [0, 0.05) is 35.0 Å². The Labute approximate surface area is 90.1 Å². The first-order chi connectivity index (χ1) is 6.61. The number of rotatable bonds is 8. The molecule has 0 aromatic carbocycles. The summed E-state index contributed by atoms with van der Waals surface area (Å²) in [6.07, 6.45) is 1.09. The van der Waals surface area contributed by atoms with E-state index in [9.17, 15) is 4.21 Å². The molecule has 2 unspecified atom stereocenters. The van der Waals surface area contributed by atoms with Gasteiger partial charge in [0.1, 0.15) is 0 Å². The van der Waals surface area contributed by atoms with Crippen LogP contribution in [0.1, 0.15) is 27.2 Å². The zero-order chi connectivity index (χ0) is 11.0. The quantitative estimate of drug-likeness (QED) is 0.668. The summed E-state index contributed by atoms with van der Waals surface area (Å²) in [5, 5.41) is 3.57. The van der Waals surface area contributed by atoms with Crippen molar-refractivity contribution in [2.45, 2.75) is 38.5 Å². The first kappa shape index (κ1) is 14.1. The van der Waals surface area contributed by atoms with Crippen LogP contribution in [0.2, 0.25) is 0 Å². The topological polar surface area (TPSA) is 38.3 Å². The summed E-state index contributed by atoms with van der Waals surface area (Å²) in [4.78, 5) is 0. The molecule has 0 fully saturated rings. The van der Waals surface area contributed by atoms with E-state index in [1.54, 1.807) is 7.11 Å². The normalized spacial score (nSPS) is 15.8. The molecule has 0 aromatic heterocycles. The van der Waals surface area contributed by atoms with Gasteiger partial charge in [-0.1, -0.05) is 20.8 Å². The second-order valence-corrected chi connectivity index (χ2v) is 5.74. The molecule has 0 heterocycles. The van der Waals surface area contributed by atoms with E-state index in [0.717, 1.165) is 13.0 Å². The minimum Gasteiger partial charge on any atom is -0.383 e. The second-order valence-electron chi connectivity index (χ2n) is 3.70. The fourth-order valence-electron chi connectivity index (χ4n) is 1.11. The molecule has 0 radical (unpaired) electrons. The molecule has 14 heavy (non-hydrogen) atoms. The number of ether oxygens (including phenoxy) is 1. The van der Waals surface area contributed by atoms with Crippen LogP contribution >= 0.6 is 0 Å². The predicted octanol–water partition coefficient (Wildman–Crippen LogP) is 1.16. The molecule has 0 amide bonds. The summed E-state index contributed by atoms with van der Waals surface area (Å²) < 4.78 is 16.7. The van der Waals surface area contributed by atoms with E-state index in [2.05, 4.69) is 12.2 Å². The van der Waals surface area contributed by atoms with Crippen LogP contribution in [0.5, 0.6) is 0 Å². The standard InChI is InChI=1S/C10H23NO2S/c1-5-6-11-10(7-13-4)8-14(12)9(2)3/h9-11H,5-8H2,1-4H3. The van der Waals surface area contributed by atoms with E-state index >= 15 is 0 Å². The van der Waals surface area contributed by atoms with Crippen molar-refractivity contribution in [2.24, 2.45) is 0 Å². The lowest BCUT2D eigenvalue weighted by Gasteiger charge is -2.18. The van der Waals surface area contributed by atoms with Gasteiger partial charge in [-0.2, -0.15) is 0 Å². The Balaban J connectivity index is 3.88. The average molecular weight is 221 g/mol. The van der Waals surface area contributed by atoms with Crippen molar-refractivity contribution in [1.29, 1.82) is 0 Å². The number of hydrogen-bond donors (Lipinski definition) is 1. The molecule has 0 saturated carbocycles. The van der Waals surface area contributed by atoms with Crippen LogP contribution in [-0.4, -0.2) is 41.5 Å². The minimum absolute atomic E-state index is 0.225. The molecule has 0 spiro atoms. The molecule has 4 heteroatoms. The first-order valence-corrected chi connectivity index (χ1v) is 6.59. The van der Waals surface area contributed by atoms with Crippen molar-refractivity contribution in [2.75, 3.05) is 26.0 Å². The molecule has 0 aliphatic heterocycles. The molecular formula is C10H23NO2S. The fraction of sp³-hybridized carbons (Fsp3) is 1.00. The van der Waals surface area contributed by atoms with Crippen LogP contribution in [-0.2, 0) is 15.5 Å². The van der Waals surface area contributed by atoms with Crippen LogP contribution in [0.4, 0.5) is 0 Å². The lowest BCUT2D eigenvalue weighted by atomic mass is 10.3. The largest absolute Gasteiger partial charge is 0.383 e. The number of methoxy groups -OCH3 is 1. The van der Waals surface area contributed by atoms with Gasteiger partial charge in [-0.05, 0) is 13.0 Å². The minimum atomic E-state index is -0.749. The van der Waals surface area contributed by atoms with E-state index in [4.69, 9.17) is 4.74 Å². The molecule has 0 saturated heterocycles. The van der Waals surface area contributed by atoms with Crippen molar-refractivity contribution in [3.63, 3.8) is 0 Å². The maximum Gasteiger partial charge on any atom is 0.0624 e. The summed E-state index contributed by atoms with van der Waals surface area (Å²) in [6.45, 7) is 7.69. The van der Waals surface area contributed by atoms with Crippen molar-refractivity contribution in [3.8, 4) is 0 Å². The zero-order valence-corrected chi connectivity index (χ0v) is 10.5. The van der Waals surface area contributed by atoms with Crippen molar-refractivity contribution in [3.05, 3.63) is 0 Å². The van der Waals surface area contributed by atoms with Crippen LogP contribution in [0.25, 0.3) is 0 Å². The van der Waals surface area contributed by atoms with Crippen molar-refractivity contribution < 1.29 is 8.95 Å². The van der Waals surface area contributed by atoms with Crippen LogP contribution < -0.4 is 5.32 Å². The summed E-state index contributed by atoms with van der Waals surface area (Å²) in [7, 11) is 0.930. The van der Waals surface area contributed by atoms with E-state index < -0.39 is 10.8 Å². The zero-order valence-electron chi connectivity index (χ0n) is 9.71. The Kier molecular flexibility index (Phi) is 8.43. The Morgan fingerprint density at radius 3 is 2.50 bits per heavy atom. The molecule has 3 nitrogen and oxygen atoms in total. The van der Waals surface area contributed by atoms with Gasteiger partial charge in [0.15, 0.2) is 0 Å². The third kappa shape index (κ3) is 6.51. The lowest BCUT2D eigenvalue weighted by molar-refractivity contribution is 0.173. The average Bonchev–Trinajstić information content (AvgIpc) is 2.14. The van der Waals surface area contributed by atoms with E-state index in [1.807, 2.05) is 13.8 Å². The summed E-state index contributed by atoms with van der Waals surface area (Å²) in [5.74, 6) is 0.686. The molecule has 2 atom stereocenters. The lowest BCUT2D eigenvalue weighted by Crippen LogP contribution is -2.39. The Morgan fingerprint density at radius 2 is 2.07 bits per heavy atom. The highest BCUT2D eigenvalue weighted by molar-refractivity contribution is 7.85. The SMILES string of the molecule is CCCNC(COC)CS(=O)C(C)C. The van der Waals surface area contributed by atoms with Crippen LogP contribution in [0.3, 0.4) is 0 Å². The van der Waals surface area contributed by atoms with E-state index in [1.165, 1.54) is 0 Å². The Bertz CT molecular complexity index is 162. The highest BCUT2D eigenvalue weighted by atomic mass is 32.2. The maximum atomic E-state index is 11.6. The Morgan fingerprint density at radius 1 is 1.43 bits per heavy atom. The molecular weight excluding hydrogens is 198 g/mol. The van der Waals surface area contributed by atoms with Gasteiger partial charge < -0.3 is 10.1 Å². The molecule has 0 rings (SSSR count). The molecule has 0 bridgehead atoms. The highest BCUT2D eigenvalue weighted by Gasteiger charge is 2.13. The molecule has 0 aromatic rings. The fourth-order valence-corrected chi connectivity index (χ4v) is 2.10. The number of hydrogen-bond acceptors (Lipinski definition) is 3. The van der Waals surface area contributed by atoms with Crippen molar-refractivity contribution >= 4 is 10.8 Å². The Hall–Kier alpha value is 0.0700. The summed E-state index contributed by atoms with van der Waals surface area (Å²) in [5.41, 5.74) is 0. The summed E-state index contributed by atoms with van der Waals surface area (Å²) >= 11 is 0. The monoisotopic (exact) mass is 221 g/mol. The smallest absolute Gasteiger partial charge is 0.0624 e. The molecule has 1 N–H and O–H groups in total.